The van der Waals surface area contributed by atoms with E-state index in [4.69, 9.17) is 10.5 Å². The summed E-state index contributed by atoms with van der Waals surface area (Å²) >= 11 is 0. The zero-order chi connectivity index (χ0) is 11.0. The van der Waals surface area contributed by atoms with Crippen LogP contribution in [0.1, 0.15) is 33.6 Å². The van der Waals surface area contributed by atoms with E-state index >= 15 is 0 Å². The molecule has 0 radical (unpaired) electrons. The predicted molar refractivity (Wildman–Crippen MR) is 60.5 cm³/mol. The molecule has 84 valence electrons. The van der Waals surface area contributed by atoms with E-state index in [1.165, 1.54) is 0 Å². The molecule has 4 nitrogen and oxygen atoms in total. The highest BCUT2D eigenvalue weighted by molar-refractivity contribution is 5.78. The summed E-state index contributed by atoms with van der Waals surface area (Å²) in [7, 11) is 1.71. The van der Waals surface area contributed by atoms with Crippen LogP contribution >= 0.6 is 0 Å². The Hall–Kier alpha value is -0.770. The molecule has 0 aromatic carbocycles. The molecule has 0 atom stereocenters. The Morgan fingerprint density at radius 3 is 2.50 bits per heavy atom. The third-order valence-corrected chi connectivity index (χ3v) is 1.54. The first-order valence-corrected chi connectivity index (χ1v) is 5.03. The highest BCUT2D eigenvalue weighted by Crippen LogP contribution is 1.97. The zero-order valence-electron chi connectivity index (χ0n) is 9.76. The van der Waals surface area contributed by atoms with Crippen LogP contribution in [0.3, 0.4) is 0 Å². The molecule has 0 heterocycles. The minimum atomic E-state index is -0.0138. The Labute approximate surface area is 86.9 Å². The number of nitrogens with zero attached hydrogens (tertiary/aromatic N) is 1. The van der Waals surface area contributed by atoms with Crippen molar-refractivity contribution < 1.29 is 4.74 Å². The van der Waals surface area contributed by atoms with E-state index in [-0.39, 0.29) is 5.54 Å². The van der Waals surface area contributed by atoms with E-state index in [9.17, 15) is 0 Å². The van der Waals surface area contributed by atoms with Crippen molar-refractivity contribution in [2.45, 2.75) is 39.2 Å². The van der Waals surface area contributed by atoms with Crippen LogP contribution in [0.5, 0.6) is 0 Å². The molecule has 0 amide bonds. The first-order valence-electron chi connectivity index (χ1n) is 5.03. The molecule has 14 heavy (non-hydrogen) atoms. The molecule has 4 heteroatoms. The van der Waals surface area contributed by atoms with Crippen LogP contribution in [0.2, 0.25) is 0 Å². The van der Waals surface area contributed by atoms with E-state index in [0.717, 1.165) is 26.0 Å². The van der Waals surface area contributed by atoms with Crippen molar-refractivity contribution in [1.82, 2.24) is 5.32 Å². The van der Waals surface area contributed by atoms with Crippen molar-refractivity contribution in [2.75, 3.05) is 20.3 Å². The molecule has 0 saturated carbocycles. The molecular weight excluding hydrogens is 178 g/mol. The van der Waals surface area contributed by atoms with E-state index < -0.39 is 0 Å². The molecular formula is C10H23N3O. The molecule has 0 aliphatic carbocycles. The van der Waals surface area contributed by atoms with Gasteiger partial charge >= 0.3 is 0 Å². The molecule has 0 aromatic rings. The number of methoxy groups -OCH3 is 1. The molecule has 0 unspecified atom stereocenters. The van der Waals surface area contributed by atoms with Gasteiger partial charge in [-0.2, -0.15) is 0 Å². The maximum atomic E-state index is 5.68. The van der Waals surface area contributed by atoms with E-state index in [1.54, 1.807) is 7.11 Å². The second-order valence-electron chi connectivity index (χ2n) is 4.34. The molecule has 0 aliphatic heterocycles. The maximum absolute atomic E-state index is 5.68. The largest absolute Gasteiger partial charge is 0.385 e. The van der Waals surface area contributed by atoms with Crippen LogP contribution in [-0.4, -0.2) is 31.8 Å². The van der Waals surface area contributed by atoms with Gasteiger partial charge in [0.2, 0.25) is 0 Å². The minimum absolute atomic E-state index is 0.0138. The third kappa shape index (κ3) is 9.32. The maximum Gasteiger partial charge on any atom is 0.188 e. The fourth-order valence-corrected chi connectivity index (χ4v) is 0.981. The van der Waals surface area contributed by atoms with Crippen LogP contribution in [0, 0.1) is 0 Å². The molecule has 0 aliphatic rings. The van der Waals surface area contributed by atoms with Crippen LogP contribution in [0.25, 0.3) is 0 Å². The van der Waals surface area contributed by atoms with Gasteiger partial charge in [0.25, 0.3) is 0 Å². The number of aliphatic imine (C=N–C) groups is 1. The van der Waals surface area contributed by atoms with E-state index in [1.807, 2.05) is 0 Å². The zero-order valence-corrected chi connectivity index (χ0v) is 9.76. The summed E-state index contributed by atoms with van der Waals surface area (Å²) in [5.41, 5.74) is 5.67. The Balaban J connectivity index is 3.57. The van der Waals surface area contributed by atoms with Gasteiger partial charge in [-0.05, 0) is 33.6 Å². The van der Waals surface area contributed by atoms with Gasteiger partial charge in [0.15, 0.2) is 5.96 Å². The number of guanidine groups is 1. The molecule has 0 bridgehead atoms. The van der Waals surface area contributed by atoms with Gasteiger partial charge in [-0.15, -0.1) is 0 Å². The number of nitrogens with one attached hydrogen (secondary N) is 1. The van der Waals surface area contributed by atoms with Crippen molar-refractivity contribution in [3.05, 3.63) is 0 Å². The van der Waals surface area contributed by atoms with E-state index in [2.05, 4.69) is 31.1 Å². The molecule has 0 spiro atoms. The Morgan fingerprint density at radius 2 is 2.00 bits per heavy atom. The molecule has 0 saturated heterocycles. The van der Waals surface area contributed by atoms with Gasteiger partial charge in [0.05, 0.1) is 0 Å². The average molecular weight is 201 g/mol. The summed E-state index contributed by atoms with van der Waals surface area (Å²) in [6.07, 6.45) is 2.04. The van der Waals surface area contributed by atoms with Gasteiger partial charge in [0, 0.05) is 25.8 Å². The fraction of sp³-hybridized carbons (Fsp3) is 0.900. The van der Waals surface area contributed by atoms with Gasteiger partial charge in [0.1, 0.15) is 0 Å². The topological polar surface area (TPSA) is 59.6 Å². The molecule has 0 fully saturated rings. The summed E-state index contributed by atoms with van der Waals surface area (Å²) in [6.45, 7) is 7.72. The van der Waals surface area contributed by atoms with E-state index in [0.29, 0.717) is 5.96 Å². The lowest BCUT2D eigenvalue weighted by atomic mass is 10.1. The van der Waals surface area contributed by atoms with Gasteiger partial charge < -0.3 is 15.8 Å². The van der Waals surface area contributed by atoms with Crippen LogP contribution in [-0.2, 0) is 4.74 Å². The van der Waals surface area contributed by atoms with Crippen LogP contribution < -0.4 is 11.1 Å². The van der Waals surface area contributed by atoms with Gasteiger partial charge in [-0.3, -0.25) is 4.99 Å². The second-order valence-corrected chi connectivity index (χ2v) is 4.34. The summed E-state index contributed by atoms with van der Waals surface area (Å²) in [5, 5.41) is 3.11. The molecule has 0 aromatic heterocycles. The minimum Gasteiger partial charge on any atom is -0.385 e. The fourth-order valence-electron chi connectivity index (χ4n) is 0.981. The SMILES string of the molecule is COCCCCN=C(N)NC(C)(C)C. The summed E-state index contributed by atoms with van der Waals surface area (Å²) in [6, 6.07) is 0. The number of rotatable bonds is 5. The van der Waals surface area contributed by atoms with Crippen LogP contribution in [0.4, 0.5) is 0 Å². The monoisotopic (exact) mass is 201 g/mol. The highest BCUT2D eigenvalue weighted by Gasteiger charge is 2.09. The Morgan fingerprint density at radius 1 is 1.36 bits per heavy atom. The quantitative estimate of drug-likeness (QED) is 0.398. The van der Waals surface area contributed by atoms with Crippen molar-refractivity contribution in [3.8, 4) is 0 Å². The number of ether oxygens (including phenoxy) is 1. The van der Waals surface area contributed by atoms with Crippen molar-refractivity contribution in [1.29, 1.82) is 0 Å². The van der Waals surface area contributed by atoms with Gasteiger partial charge in [-0.1, -0.05) is 0 Å². The predicted octanol–water partition coefficient (Wildman–Crippen LogP) is 1.12. The first kappa shape index (κ1) is 13.2. The van der Waals surface area contributed by atoms with Gasteiger partial charge in [-0.25, -0.2) is 0 Å². The highest BCUT2D eigenvalue weighted by atomic mass is 16.5. The van der Waals surface area contributed by atoms with Crippen molar-refractivity contribution in [2.24, 2.45) is 10.7 Å². The number of nitrogens with two attached hydrogens (primary N) is 1. The second kappa shape index (κ2) is 6.65. The lowest BCUT2D eigenvalue weighted by Gasteiger charge is -2.20. The number of unbranched alkanes of at least 4 members (excludes halogenated alkanes) is 1. The smallest absolute Gasteiger partial charge is 0.188 e. The summed E-state index contributed by atoms with van der Waals surface area (Å²) in [4.78, 5) is 4.21. The summed E-state index contributed by atoms with van der Waals surface area (Å²) in [5.74, 6) is 0.523. The standard InChI is InChI=1S/C10H23N3O/c1-10(2,3)13-9(11)12-7-5-6-8-14-4/h5-8H2,1-4H3,(H3,11,12,13). The molecule has 3 N–H and O–H groups in total. The summed E-state index contributed by atoms with van der Waals surface area (Å²) < 4.78 is 4.93. The average Bonchev–Trinajstić information content (AvgIpc) is 2.00. The van der Waals surface area contributed by atoms with Crippen LogP contribution in [0.15, 0.2) is 4.99 Å². The number of hydrogen-bond acceptors (Lipinski definition) is 2. The lowest BCUT2D eigenvalue weighted by molar-refractivity contribution is 0.193. The molecule has 0 rings (SSSR count). The Kier molecular flexibility index (Phi) is 6.28. The third-order valence-electron chi connectivity index (χ3n) is 1.54. The normalized spacial score (nSPS) is 13.0. The first-order chi connectivity index (χ1) is 6.45. The van der Waals surface area contributed by atoms with Crippen molar-refractivity contribution in [3.63, 3.8) is 0 Å². The lowest BCUT2D eigenvalue weighted by Crippen LogP contribution is -2.45. The Bertz CT molecular complexity index is 173. The number of hydrogen-bond donors (Lipinski definition) is 2. The van der Waals surface area contributed by atoms with Crippen molar-refractivity contribution >= 4 is 5.96 Å².